The van der Waals surface area contributed by atoms with Crippen molar-refractivity contribution in [3.8, 4) is 0 Å². The summed E-state index contributed by atoms with van der Waals surface area (Å²) in [6.07, 6.45) is 7.72. The summed E-state index contributed by atoms with van der Waals surface area (Å²) in [4.78, 5) is 13.0. The van der Waals surface area contributed by atoms with Gasteiger partial charge in [0.15, 0.2) is 0 Å². The highest BCUT2D eigenvalue weighted by Crippen LogP contribution is 2.32. The van der Waals surface area contributed by atoms with Crippen molar-refractivity contribution in [1.82, 2.24) is 24.6 Å². The van der Waals surface area contributed by atoms with Crippen molar-refractivity contribution in [3.05, 3.63) is 35.9 Å². The van der Waals surface area contributed by atoms with E-state index in [4.69, 9.17) is 0 Å². The first kappa shape index (κ1) is 15.9. The molecule has 3 heterocycles. The van der Waals surface area contributed by atoms with Crippen LogP contribution in [0, 0.1) is 5.92 Å². The van der Waals surface area contributed by atoms with Gasteiger partial charge in [-0.3, -0.25) is 9.58 Å². The first-order chi connectivity index (χ1) is 11.1. The van der Waals surface area contributed by atoms with Crippen molar-refractivity contribution < 1.29 is 5.11 Å². The van der Waals surface area contributed by atoms with E-state index in [1.807, 2.05) is 55.5 Å². The molecule has 1 saturated heterocycles. The quantitative estimate of drug-likeness (QED) is 0.865. The topological polar surface area (TPSA) is 70.3 Å². The van der Waals surface area contributed by atoms with Gasteiger partial charge < -0.3 is 10.0 Å². The van der Waals surface area contributed by atoms with Gasteiger partial charge >= 0.3 is 0 Å². The highest BCUT2D eigenvalue weighted by atomic mass is 16.3. The zero-order valence-electron chi connectivity index (χ0n) is 13.9. The van der Waals surface area contributed by atoms with Gasteiger partial charge in [-0.25, -0.2) is 9.97 Å². The van der Waals surface area contributed by atoms with Crippen LogP contribution in [-0.4, -0.2) is 63.5 Å². The summed E-state index contributed by atoms with van der Waals surface area (Å²) in [7, 11) is 5.79. The standard InChI is InChI=1S/C16H24N6O/c1-20(2)16-17-4-12(5-18-16)7-22-9-14(11-23)15(10-22)13-6-19-21(3)8-13/h4-6,8,14-15,23H,7,9-11H2,1-3H3/t14-,15-/m0/s1. The van der Waals surface area contributed by atoms with Gasteiger partial charge in [0.25, 0.3) is 0 Å². The molecule has 2 atom stereocenters. The molecule has 1 aliphatic rings. The fourth-order valence-electron chi connectivity index (χ4n) is 3.20. The highest BCUT2D eigenvalue weighted by Gasteiger charge is 2.34. The van der Waals surface area contributed by atoms with Crippen molar-refractivity contribution in [2.75, 3.05) is 38.7 Å². The van der Waals surface area contributed by atoms with E-state index in [-0.39, 0.29) is 12.5 Å². The molecule has 0 aliphatic carbocycles. The van der Waals surface area contributed by atoms with Crippen LogP contribution < -0.4 is 4.90 Å². The molecule has 2 aromatic rings. The van der Waals surface area contributed by atoms with E-state index < -0.39 is 0 Å². The number of hydrogen-bond acceptors (Lipinski definition) is 6. The molecule has 0 aromatic carbocycles. The van der Waals surface area contributed by atoms with Crippen LogP contribution in [0.25, 0.3) is 0 Å². The third-order valence-electron chi connectivity index (χ3n) is 4.40. The summed E-state index contributed by atoms with van der Waals surface area (Å²) >= 11 is 0. The third kappa shape index (κ3) is 3.51. The third-order valence-corrected chi connectivity index (χ3v) is 4.40. The zero-order valence-corrected chi connectivity index (χ0v) is 13.9. The molecule has 2 aromatic heterocycles. The predicted molar refractivity (Wildman–Crippen MR) is 88.2 cm³/mol. The monoisotopic (exact) mass is 316 g/mol. The molecule has 1 aliphatic heterocycles. The molecule has 0 bridgehead atoms. The molecule has 7 heteroatoms. The summed E-state index contributed by atoms with van der Waals surface area (Å²) in [6, 6.07) is 0. The lowest BCUT2D eigenvalue weighted by molar-refractivity contribution is 0.214. The Labute approximate surface area is 136 Å². The Morgan fingerprint density at radius 1 is 1.22 bits per heavy atom. The second-order valence-electron chi connectivity index (χ2n) is 6.48. The van der Waals surface area contributed by atoms with Crippen molar-refractivity contribution in [3.63, 3.8) is 0 Å². The van der Waals surface area contributed by atoms with E-state index in [0.717, 1.165) is 31.1 Å². The van der Waals surface area contributed by atoms with Gasteiger partial charge in [-0.05, 0) is 5.56 Å². The Morgan fingerprint density at radius 2 is 1.96 bits per heavy atom. The van der Waals surface area contributed by atoms with Crippen LogP contribution in [0.2, 0.25) is 0 Å². The molecule has 23 heavy (non-hydrogen) atoms. The minimum Gasteiger partial charge on any atom is -0.396 e. The lowest BCUT2D eigenvalue weighted by Crippen LogP contribution is -2.21. The van der Waals surface area contributed by atoms with Crippen LogP contribution in [0.15, 0.2) is 24.8 Å². The molecular formula is C16H24N6O. The molecule has 0 radical (unpaired) electrons. The van der Waals surface area contributed by atoms with E-state index in [1.54, 1.807) is 0 Å². The number of hydrogen-bond donors (Lipinski definition) is 1. The largest absolute Gasteiger partial charge is 0.396 e. The predicted octanol–water partition coefficient (Wildman–Crippen LogP) is 0.484. The second kappa shape index (κ2) is 6.64. The number of aliphatic hydroxyl groups excluding tert-OH is 1. The summed E-state index contributed by atoms with van der Waals surface area (Å²) in [6.45, 7) is 2.81. The van der Waals surface area contributed by atoms with Crippen molar-refractivity contribution >= 4 is 5.95 Å². The number of aryl methyl sites for hydroxylation is 1. The van der Waals surface area contributed by atoms with Gasteiger partial charge in [0.1, 0.15) is 0 Å². The molecule has 124 valence electrons. The molecule has 1 N–H and O–H groups in total. The molecular weight excluding hydrogens is 292 g/mol. The fourth-order valence-corrected chi connectivity index (χ4v) is 3.20. The molecule has 0 amide bonds. The average molecular weight is 316 g/mol. The van der Waals surface area contributed by atoms with E-state index >= 15 is 0 Å². The molecule has 7 nitrogen and oxygen atoms in total. The summed E-state index contributed by atoms with van der Waals surface area (Å²) in [5.74, 6) is 1.30. The Morgan fingerprint density at radius 3 is 2.52 bits per heavy atom. The molecule has 0 unspecified atom stereocenters. The van der Waals surface area contributed by atoms with Crippen LogP contribution in [0.1, 0.15) is 17.0 Å². The van der Waals surface area contributed by atoms with E-state index in [2.05, 4.69) is 20.0 Å². The summed E-state index contributed by atoms with van der Waals surface area (Å²) in [5, 5.41) is 14.0. The maximum absolute atomic E-state index is 9.70. The van der Waals surface area contributed by atoms with Gasteiger partial charge in [-0.15, -0.1) is 0 Å². The van der Waals surface area contributed by atoms with Gasteiger partial charge in [0, 0.05) is 83.4 Å². The Bertz CT molecular complexity index is 638. The summed E-state index contributed by atoms with van der Waals surface area (Å²) in [5.41, 5.74) is 2.30. The molecule has 1 fully saturated rings. The minimum atomic E-state index is 0.201. The molecule has 3 rings (SSSR count). The number of nitrogens with zero attached hydrogens (tertiary/aromatic N) is 6. The van der Waals surface area contributed by atoms with Crippen molar-refractivity contribution in [1.29, 1.82) is 0 Å². The Kier molecular flexibility index (Phi) is 4.58. The van der Waals surface area contributed by atoms with Gasteiger partial charge in [0.05, 0.1) is 6.20 Å². The van der Waals surface area contributed by atoms with Gasteiger partial charge in [0.2, 0.25) is 5.95 Å². The van der Waals surface area contributed by atoms with Crippen LogP contribution in [-0.2, 0) is 13.6 Å². The lowest BCUT2D eigenvalue weighted by atomic mass is 9.92. The smallest absolute Gasteiger partial charge is 0.224 e. The van der Waals surface area contributed by atoms with Gasteiger partial charge in [-0.2, -0.15) is 5.10 Å². The van der Waals surface area contributed by atoms with E-state index in [0.29, 0.717) is 5.92 Å². The van der Waals surface area contributed by atoms with Crippen molar-refractivity contribution in [2.45, 2.75) is 12.5 Å². The first-order valence-corrected chi connectivity index (χ1v) is 7.87. The van der Waals surface area contributed by atoms with Crippen LogP contribution in [0.5, 0.6) is 0 Å². The Balaban J connectivity index is 1.67. The van der Waals surface area contributed by atoms with Gasteiger partial charge in [-0.1, -0.05) is 0 Å². The number of likely N-dealkylation sites (tertiary alicyclic amines) is 1. The van der Waals surface area contributed by atoms with Crippen LogP contribution in [0.3, 0.4) is 0 Å². The van der Waals surface area contributed by atoms with Crippen LogP contribution in [0.4, 0.5) is 5.95 Å². The summed E-state index contributed by atoms with van der Waals surface area (Å²) < 4.78 is 1.82. The maximum Gasteiger partial charge on any atom is 0.224 e. The molecule has 0 spiro atoms. The molecule has 0 saturated carbocycles. The number of rotatable bonds is 5. The van der Waals surface area contributed by atoms with Crippen LogP contribution >= 0.6 is 0 Å². The normalized spacial score (nSPS) is 21.7. The average Bonchev–Trinajstić information content (AvgIpc) is 3.13. The SMILES string of the molecule is CN(C)c1ncc(CN2C[C@@H](CO)[C@H](c3cnn(C)c3)C2)cn1. The van der Waals surface area contributed by atoms with E-state index in [9.17, 15) is 5.11 Å². The fraction of sp³-hybridized carbons (Fsp3) is 0.562. The highest BCUT2D eigenvalue weighted by molar-refractivity contribution is 5.26. The number of aromatic nitrogens is 4. The zero-order chi connectivity index (χ0) is 16.4. The minimum absolute atomic E-state index is 0.201. The number of anilines is 1. The lowest BCUT2D eigenvalue weighted by Gasteiger charge is -2.16. The van der Waals surface area contributed by atoms with Crippen molar-refractivity contribution in [2.24, 2.45) is 13.0 Å². The second-order valence-corrected chi connectivity index (χ2v) is 6.48. The maximum atomic E-state index is 9.70. The Hall–Kier alpha value is -1.99. The van der Waals surface area contributed by atoms with E-state index in [1.165, 1.54) is 5.56 Å². The first-order valence-electron chi connectivity index (χ1n) is 7.87. The number of aliphatic hydroxyl groups is 1.